The summed E-state index contributed by atoms with van der Waals surface area (Å²) >= 11 is 0. The van der Waals surface area contributed by atoms with E-state index in [1.807, 2.05) is 0 Å². The van der Waals surface area contributed by atoms with E-state index in [4.69, 9.17) is 4.74 Å². The van der Waals surface area contributed by atoms with Crippen molar-refractivity contribution < 1.29 is 37.0 Å². The average molecular weight is 384 g/mol. The van der Waals surface area contributed by atoms with E-state index in [1.54, 1.807) is 0 Å². The molecule has 1 aromatic carbocycles. The number of nitrogens with one attached hydrogen (secondary N) is 2. The highest BCUT2D eigenvalue weighted by atomic mass is 19.4. The number of carbonyl (C=O) groups excluding carboxylic acids is 3. The van der Waals surface area contributed by atoms with Crippen LogP contribution in [0, 0.1) is 0 Å². The van der Waals surface area contributed by atoms with Gasteiger partial charge in [-0.25, -0.2) is 4.79 Å². The number of Topliss-reactive ketones (excluding diaryl/α,β-unsaturated/α-hetero) is 1. The minimum absolute atomic E-state index is 0.00787. The summed E-state index contributed by atoms with van der Waals surface area (Å²) < 4.78 is 45.0. The zero-order valence-electron chi connectivity index (χ0n) is 14.2. The molecule has 0 bridgehead atoms. The van der Waals surface area contributed by atoms with Crippen LogP contribution in [0.2, 0.25) is 0 Å². The first kappa shape index (κ1) is 20.0. The van der Waals surface area contributed by atoms with Crippen LogP contribution in [0.25, 0.3) is 0 Å². The van der Waals surface area contributed by atoms with Crippen LogP contribution in [0.15, 0.2) is 36.5 Å². The first-order chi connectivity index (χ1) is 12.5. The number of esters is 1. The SMILES string of the molecule is CC(=O)c1c[nH]c(C(=O)O[C@H](C)C(=O)Nc2ccc(OC(F)(F)F)cc2)c1. The van der Waals surface area contributed by atoms with Crippen molar-refractivity contribution in [3.05, 3.63) is 47.8 Å². The lowest BCUT2D eigenvalue weighted by Crippen LogP contribution is -2.30. The molecule has 1 atom stereocenters. The molecule has 0 fully saturated rings. The Morgan fingerprint density at radius 1 is 1.15 bits per heavy atom. The Morgan fingerprint density at radius 3 is 2.30 bits per heavy atom. The molecule has 27 heavy (non-hydrogen) atoms. The van der Waals surface area contributed by atoms with E-state index in [0.29, 0.717) is 5.56 Å². The first-order valence-electron chi connectivity index (χ1n) is 7.62. The summed E-state index contributed by atoms with van der Waals surface area (Å²) in [6.45, 7) is 2.66. The van der Waals surface area contributed by atoms with E-state index in [-0.39, 0.29) is 17.2 Å². The highest BCUT2D eigenvalue weighted by molar-refractivity contribution is 5.99. The number of alkyl halides is 3. The molecule has 2 aromatic rings. The third-order valence-corrected chi connectivity index (χ3v) is 3.32. The minimum atomic E-state index is -4.81. The second-order valence-electron chi connectivity index (χ2n) is 5.47. The van der Waals surface area contributed by atoms with Gasteiger partial charge < -0.3 is 19.8 Å². The van der Waals surface area contributed by atoms with E-state index < -0.39 is 30.1 Å². The molecular formula is C17H15F3N2O5. The first-order valence-corrected chi connectivity index (χ1v) is 7.62. The van der Waals surface area contributed by atoms with Crippen molar-refractivity contribution in [2.24, 2.45) is 0 Å². The standard InChI is InChI=1S/C17H15F3N2O5/c1-9(23)11-7-14(21-8-11)16(25)26-10(2)15(24)22-12-3-5-13(6-4-12)27-17(18,19)20/h3-8,10,21H,1-2H3,(H,22,24)/t10-/m1/s1. The lowest BCUT2D eigenvalue weighted by Gasteiger charge is -2.13. The number of rotatable bonds is 6. The Labute approximate surface area is 151 Å². The summed E-state index contributed by atoms with van der Waals surface area (Å²) in [5, 5.41) is 2.39. The molecule has 1 heterocycles. The molecule has 1 aromatic heterocycles. The fourth-order valence-corrected chi connectivity index (χ4v) is 1.98. The molecule has 0 aliphatic carbocycles. The summed E-state index contributed by atoms with van der Waals surface area (Å²) in [6, 6.07) is 5.77. The fraction of sp³-hybridized carbons (Fsp3) is 0.235. The summed E-state index contributed by atoms with van der Waals surface area (Å²) in [5.74, 6) is -2.20. The number of aromatic nitrogens is 1. The highest BCUT2D eigenvalue weighted by Gasteiger charge is 2.31. The van der Waals surface area contributed by atoms with Crippen LogP contribution in [0.3, 0.4) is 0 Å². The molecule has 10 heteroatoms. The number of ether oxygens (including phenoxy) is 2. The molecule has 0 saturated heterocycles. The maximum atomic E-state index is 12.1. The molecule has 0 radical (unpaired) electrons. The summed E-state index contributed by atoms with van der Waals surface area (Å²) in [4.78, 5) is 37.8. The van der Waals surface area contributed by atoms with Crippen LogP contribution in [-0.4, -0.2) is 35.1 Å². The zero-order chi connectivity index (χ0) is 20.2. The summed E-state index contributed by atoms with van der Waals surface area (Å²) in [6.07, 6.45) is -4.66. The summed E-state index contributed by atoms with van der Waals surface area (Å²) in [5.41, 5.74) is 0.491. The number of aromatic amines is 1. The molecule has 7 nitrogen and oxygen atoms in total. The van der Waals surface area contributed by atoms with E-state index in [0.717, 1.165) is 12.1 Å². The molecule has 0 aliphatic heterocycles. The number of anilines is 1. The molecule has 0 spiro atoms. The number of benzene rings is 1. The van der Waals surface area contributed by atoms with Gasteiger partial charge in [0.25, 0.3) is 5.91 Å². The Bertz CT molecular complexity index is 843. The van der Waals surface area contributed by atoms with Gasteiger partial charge >= 0.3 is 12.3 Å². The van der Waals surface area contributed by atoms with Gasteiger partial charge in [-0.15, -0.1) is 13.2 Å². The lowest BCUT2D eigenvalue weighted by molar-refractivity contribution is -0.274. The van der Waals surface area contributed by atoms with Crippen LogP contribution in [0.5, 0.6) is 5.75 Å². The normalized spacial score (nSPS) is 12.2. The lowest BCUT2D eigenvalue weighted by atomic mass is 10.2. The number of hydrogen-bond donors (Lipinski definition) is 2. The van der Waals surface area contributed by atoms with Crippen molar-refractivity contribution in [2.75, 3.05) is 5.32 Å². The van der Waals surface area contributed by atoms with Crippen LogP contribution in [0.4, 0.5) is 18.9 Å². The van der Waals surface area contributed by atoms with Gasteiger partial charge in [-0.3, -0.25) is 9.59 Å². The fourth-order valence-electron chi connectivity index (χ4n) is 1.98. The van der Waals surface area contributed by atoms with Crippen LogP contribution in [0.1, 0.15) is 34.7 Å². The van der Waals surface area contributed by atoms with Crippen LogP contribution < -0.4 is 10.1 Å². The largest absolute Gasteiger partial charge is 0.573 e. The molecule has 1 amide bonds. The van der Waals surface area contributed by atoms with E-state index in [2.05, 4.69) is 15.0 Å². The third-order valence-electron chi connectivity index (χ3n) is 3.32. The Balaban J connectivity index is 1.92. The smallest absolute Gasteiger partial charge is 0.448 e. The molecule has 2 N–H and O–H groups in total. The monoisotopic (exact) mass is 384 g/mol. The molecule has 0 aliphatic rings. The van der Waals surface area contributed by atoms with Crippen LogP contribution in [-0.2, 0) is 9.53 Å². The molecule has 0 saturated carbocycles. The molecular weight excluding hydrogens is 369 g/mol. The van der Waals surface area contributed by atoms with Crippen molar-refractivity contribution in [1.82, 2.24) is 4.98 Å². The van der Waals surface area contributed by atoms with E-state index >= 15 is 0 Å². The van der Waals surface area contributed by atoms with Gasteiger partial charge in [0, 0.05) is 17.4 Å². The van der Waals surface area contributed by atoms with Crippen molar-refractivity contribution in [3.63, 3.8) is 0 Å². The van der Waals surface area contributed by atoms with Gasteiger partial charge in [0.05, 0.1) is 0 Å². The topological polar surface area (TPSA) is 97.5 Å². The Morgan fingerprint density at radius 2 is 1.78 bits per heavy atom. The number of ketones is 1. The number of carbonyl (C=O) groups is 3. The van der Waals surface area contributed by atoms with Crippen molar-refractivity contribution >= 4 is 23.3 Å². The van der Waals surface area contributed by atoms with Crippen LogP contribution >= 0.6 is 0 Å². The van der Waals surface area contributed by atoms with Crippen molar-refractivity contribution in [3.8, 4) is 5.75 Å². The molecule has 0 unspecified atom stereocenters. The second kappa shape index (κ2) is 7.94. The number of amides is 1. The highest BCUT2D eigenvalue weighted by Crippen LogP contribution is 2.24. The third kappa shape index (κ3) is 5.87. The van der Waals surface area contributed by atoms with Crippen molar-refractivity contribution in [2.45, 2.75) is 26.3 Å². The van der Waals surface area contributed by atoms with Gasteiger partial charge in [-0.05, 0) is 44.2 Å². The quantitative estimate of drug-likeness (QED) is 0.588. The van der Waals surface area contributed by atoms with Gasteiger partial charge in [0.15, 0.2) is 11.9 Å². The van der Waals surface area contributed by atoms with E-state index in [1.165, 1.54) is 38.2 Å². The Kier molecular flexibility index (Phi) is 5.88. The van der Waals surface area contributed by atoms with Gasteiger partial charge in [0.2, 0.25) is 0 Å². The number of halogens is 3. The number of hydrogen-bond acceptors (Lipinski definition) is 5. The van der Waals surface area contributed by atoms with Gasteiger partial charge in [-0.2, -0.15) is 0 Å². The number of H-pyrrole nitrogens is 1. The van der Waals surface area contributed by atoms with Gasteiger partial charge in [-0.1, -0.05) is 0 Å². The maximum Gasteiger partial charge on any atom is 0.573 e. The average Bonchev–Trinajstić information content (AvgIpc) is 3.05. The zero-order valence-corrected chi connectivity index (χ0v) is 14.2. The van der Waals surface area contributed by atoms with E-state index in [9.17, 15) is 27.6 Å². The summed E-state index contributed by atoms with van der Waals surface area (Å²) in [7, 11) is 0. The predicted molar refractivity (Wildman–Crippen MR) is 87.4 cm³/mol. The van der Waals surface area contributed by atoms with Gasteiger partial charge in [0.1, 0.15) is 11.4 Å². The minimum Gasteiger partial charge on any atom is -0.448 e. The predicted octanol–water partition coefficient (Wildman–Crippen LogP) is 3.30. The maximum absolute atomic E-state index is 12.1. The Hall–Kier alpha value is -3.30. The second-order valence-corrected chi connectivity index (χ2v) is 5.47. The van der Waals surface area contributed by atoms with Crippen molar-refractivity contribution in [1.29, 1.82) is 0 Å². The molecule has 2 rings (SSSR count). The molecule has 144 valence electrons.